The van der Waals surface area contributed by atoms with Gasteiger partial charge in [0.15, 0.2) is 0 Å². The maximum absolute atomic E-state index is 11.7. The van der Waals surface area contributed by atoms with Gasteiger partial charge in [0.1, 0.15) is 5.75 Å². The van der Waals surface area contributed by atoms with Crippen LogP contribution in [0.3, 0.4) is 0 Å². The Balaban J connectivity index is 2.94. The Morgan fingerprint density at radius 2 is 2.06 bits per heavy atom. The van der Waals surface area contributed by atoms with Crippen LogP contribution in [0.5, 0.6) is 5.75 Å². The Bertz CT molecular complexity index is 419. The van der Waals surface area contributed by atoms with E-state index in [1.165, 1.54) is 14.2 Å². The molecule has 2 amide bonds. The van der Waals surface area contributed by atoms with Crippen LogP contribution in [0, 0.1) is 6.92 Å². The maximum Gasteiger partial charge on any atom is 0.345 e. The second kappa shape index (κ2) is 6.26. The van der Waals surface area contributed by atoms with Gasteiger partial charge < -0.3 is 10.1 Å². The summed E-state index contributed by atoms with van der Waals surface area (Å²) in [7, 11) is 2.97. The van der Waals surface area contributed by atoms with Gasteiger partial charge in [-0.1, -0.05) is 12.1 Å². The summed E-state index contributed by atoms with van der Waals surface area (Å²) in [6, 6.07) is 5.25. The molecule has 1 N–H and O–H groups in total. The molecule has 1 rings (SSSR count). The molecule has 100 valence electrons. The lowest BCUT2D eigenvalue weighted by Gasteiger charge is -2.19. The highest BCUT2D eigenvalue weighted by molar-refractivity contribution is 5.90. The number of carbonyl (C=O) groups excluding carboxylic acids is 1. The van der Waals surface area contributed by atoms with E-state index in [1.807, 2.05) is 32.9 Å². The first-order chi connectivity index (χ1) is 8.45. The number of amides is 2. The van der Waals surface area contributed by atoms with E-state index in [2.05, 4.69) is 5.32 Å². The molecule has 0 spiro atoms. The molecule has 5 nitrogen and oxygen atoms in total. The second-order valence-corrected chi connectivity index (χ2v) is 4.23. The number of hydrogen-bond acceptors (Lipinski definition) is 3. The minimum atomic E-state index is -0.350. The van der Waals surface area contributed by atoms with Crippen molar-refractivity contribution < 1.29 is 14.4 Å². The number of anilines is 1. The molecule has 0 radical (unpaired) electrons. The molecule has 5 heteroatoms. The number of benzene rings is 1. The average molecular weight is 252 g/mol. The lowest BCUT2D eigenvalue weighted by atomic mass is 10.2. The zero-order valence-corrected chi connectivity index (χ0v) is 11.5. The molecule has 0 fully saturated rings. The molecule has 0 aliphatic heterocycles. The Labute approximate surface area is 108 Å². The molecular formula is C13H20N2O3. The number of urea groups is 1. The molecule has 0 aromatic heterocycles. The van der Waals surface area contributed by atoms with E-state index in [-0.39, 0.29) is 12.1 Å². The van der Waals surface area contributed by atoms with Crippen LogP contribution in [-0.2, 0) is 4.84 Å². The summed E-state index contributed by atoms with van der Waals surface area (Å²) in [6.45, 7) is 5.83. The largest absolute Gasteiger partial charge is 0.489 e. The molecule has 18 heavy (non-hydrogen) atoms. The number of hydroxylamine groups is 2. The summed E-state index contributed by atoms with van der Waals surface area (Å²) in [5, 5.41) is 3.86. The van der Waals surface area contributed by atoms with E-state index < -0.39 is 0 Å². The fourth-order valence-electron chi connectivity index (χ4n) is 1.42. The normalized spacial score (nSPS) is 10.3. The highest BCUT2D eigenvalue weighted by atomic mass is 16.7. The third kappa shape index (κ3) is 3.63. The van der Waals surface area contributed by atoms with E-state index in [1.54, 1.807) is 6.07 Å². The van der Waals surface area contributed by atoms with Crippen LogP contribution in [0.2, 0.25) is 0 Å². The van der Waals surface area contributed by atoms with Gasteiger partial charge in [0.25, 0.3) is 0 Å². The highest BCUT2D eigenvalue weighted by Crippen LogP contribution is 2.29. The minimum absolute atomic E-state index is 0.0434. The van der Waals surface area contributed by atoms with Crippen molar-refractivity contribution in [3.05, 3.63) is 23.8 Å². The summed E-state index contributed by atoms with van der Waals surface area (Å²) in [5.74, 6) is 0.686. The number of rotatable bonds is 4. The number of para-hydroxylation sites is 1. The van der Waals surface area contributed by atoms with E-state index in [4.69, 9.17) is 9.57 Å². The molecule has 1 aromatic rings. The first-order valence-electron chi connectivity index (χ1n) is 5.80. The van der Waals surface area contributed by atoms with Gasteiger partial charge in [0.05, 0.1) is 18.9 Å². The average Bonchev–Trinajstić information content (AvgIpc) is 2.32. The molecular weight excluding hydrogens is 232 g/mol. The maximum atomic E-state index is 11.7. The lowest BCUT2D eigenvalue weighted by molar-refractivity contribution is -0.0598. The predicted octanol–water partition coefficient (Wildman–Crippen LogP) is 2.81. The van der Waals surface area contributed by atoms with Crippen LogP contribution >= 0.6 is 0 Å². The van der Waals surface area contributed by atoms with Gasteiger partial charge in [-0.05, 0) is 32.4 Å². The van der Waals surface area contributed by atoms with Gasteiger partial charge in [-0.25, -0.2) is 9.86 Å². The van der Waals surface area contributed by atoms with E-state index in [0.29, 0.717) is 11.4 Å². The molecule has 0 aliphatic carbocycles. The fourth-order valence-corrected chi connectivity index (χ4v) is 1.42. The molecule has 1 aromatic carbocycles. The van der Waals surface area contributed by atoms with E-state index in [0.717, 1.165) is 10.6 Å². The van der Waals surface area contributed by atoms with Crippen molar-refractivity contribution in [2.45, 2.75) is 26.9 Å². The van der Waals surface area contributed by atoms with Crippen molar-refractivity contribution in [2.75, 3.05) is 19.5 Å². The Hall–Kier alpha value is -1.75. The lowest BCUT2D eigenvalue weighted by Crippen LogP contribution is -2.30. The monoisotopic (exact) mass is 252 g/mol. The molecule has 0 heterocycles. The first kappa shape index (κ1) is 14.3. The van der Waals surface area contributed by atoms with Crippen molar-refractivity contribution in [1.82, 2.24) is 5.06 Å². The smallest absolute Gasteiger partial charge is 0.345 e. The van der Waals surface area contributed by atoms with Crippen molar-refractivity contribution in [3.63, 3.8) is 0 Å². The fraction of sp³-hybridized carbons (Fsp3) is 0.462. The quantitative estimate of drug-likeness (QED) is 0.838. The Morgan fingerprint density at radius 3 is 2.61 bits per heavy atom. The number of hydrogen-bond donors (Lipinski definition) is 1. The zero-order valence-electron chi connectivity index (χ0n) is 11.5. The SMILES string of the molecule is CON(C)C(=O)Nc1cccc(C)c1OC(C)C. The number of ether oxygens (including phenoxy) is 1. The van der Waals surface area contributed by atoms with Gasteiger partial charge in [-0.15, -0.1) is 0 Å². The topological polar surface area (TPSA) is 50.8 Å². The zero-order chi connectivity index (χ0) is 13.7. The number of carbonyl (C=O) groups is 1. The molecule has 0 atom stereocenters. The molecule has 0 unspecified atom stereocenters. The van der Waals surface area contributed by atoms with Crippen LogP contribution in [0.15, 0.2) is 18.2 Å². The molecule has 0 saturated carbocycles. The number of nitrogens with one attached hydrogen (secondary N) is 1. The molecule has 0 aliphatic rings. The van der Waals surface area contributed by atoms with Gasteiger partial charge in [0.2, 0.25) is 0 Å². The summed E-state index contributed by atoms with van der Waals surface area (Å²) < 4.78 is 5.72. The van der Waals surface area contributed by atoms with Crippen LogP contribution in [-0.4, -0.2) is 31.4 Å². The summed E-state index contributed by atoms with van der Waals surface area (Å²) in [4.78, 5) is 16.5. The van der Waals surface area contributed by atoms with Crippen molar-refractivity contribution in [3.8, 4) is 5.75 Å². The summed E-state index contributed by atoms with van der Waals surface area (Å²) >= 11 is 0. The number of nitrogens with zero attached hydrogens (tertiary/aromatic N) is 1. The third-order valence-corrected chi connectivity index (χ3v) is 2.37. The predicted molar refractivity (Wildman–Crippen MR) is 70.7 cm³/mol. The van der Waals surface area contributed by atoms with E-state index >= 15 is 0 Å². The molecule has 0 saturated heterocycles. The van der Waals surface area contributed by atoms with Gasteiger partial charge >= 0.3 is 6.03 Å². The molecule has 0 bridgehead atoms. The first-order valence-corrected chi connectivity index (χ1v) is 5.80. The van der Waals surface area contributed by atoms with Gasteiger partial charge in [0, 0.05) is 7.05 Å². The standard InChI is InChI=1S/C13H20N2O3/c1-9(2)18-12-10(3)7-6-8-11(12)14-13(16)15(4)17-5/h6-9H,1-5H3,(H,14,16). The van der Waals surface area contributed by atoms with Crippen molar-refractivity contribution in [2.24, 2.45) is 0 Å². The van der Waals surface area contributed by atoms with Crippen LogP contribution in [0.1, 0.15) is 19.4 Å². The summed E-state index contributed by atoms with van der Waals surface area (Å²) in [5.41, 5.74) is 1.61. The second-order valence-electron chi connectivity index (χ2n) is 4.23. The van der Waals surface area contributed by atoms with Crippen molar-refractivity contribution in [1.29, 1.82) is 0 Å². The number of aryl methyl sites for hydroxylation is 1. The highest BCUT2D eigenvalue weighted by Gasteiger charge is 2.13. The Kier molecular flexibility index (Phi) is 4.97. The van der Waals surface area contributed by atoms with Gasteiger partial charge in [-0.3, -0.25) is 4.84 Å². The van der Waals surface area contributed by atoms with Crippen LogP contribution in [0.25, 0.3) is 0 Å². The van der Waals surface area contributed by atoms with Crippen LogP contribution < -0.4 is 10.1 Å². The third-order valence-electron chi connectivity index (χ3n) is 2.37. The summed E-state index contributed by atoms with van der Waals surface area (Å²) in [6.07, 6.45) is 0.0434. The van der Waals surface area contributed by atoms with Gasteiger partial charge in [-0.2, -0.15) is 0 Å². The van der Waals surface area contributed by atoms with Crippen molar-refractivity contribution >= 4 is 11.7 Å². The minimum Gasteiger partial charge on any atom is -0.489 e. The Morgan fingerprint density at radius 1 is 1.39 bits per heavy atom. The van der Waals surface area contributed by atoms with Crippen LogP contribution in [0.4, 0.5) is 10.5 Å². The van der Waals surface area contributed by atoms with E-state index in [9.17, 15) is 4.79 Å².